The number of isocyanates is 1. The zero-order valence-corrected chi connectivity index (χ0v) is 9.60. The number of fused-ring (bicyclic) bond motifs is 2. The average Bonchev–Trinajstić information content (AvgIpc) is 2.83. The molecule has 5 nitrogen and oxygen atoms in total. The number of aliphatic imine (C=N–C) groups is 1. The Balaban J connectivity index is 2.33. The van der Waals surface area contributed by atoms with Crippen LogP contribution in [0.3, 0.4) is 0 Å². The number of nitrogens with zero attached hydrogens (tertiary/aromatic N) is 1. The van der Waals surface area contributed by atoms with Crippen molar-refractivity contribution in [2.24, 2.45) is 4.99 Å². The molecule has 0 radical (unpaired) electrons. The van der Waals surface area contributed by atoms with Gasteiger partial charge in [0.15, 0.2) is 11.5 Å². The summed E-state index contributed by atoms with van der Waals surface area (Å²) in [6, 6.07) is 7.16. The molecule has 2 aromatic rings. The first kappa shape index (κ1) is 10.6. The minimum Gasteiger partial charge on any atom is -0.497 e. The molecule has 2 aromatic carbocycles. The highest BCUT2D eigenvalue weighted by Crippen LogP contribution is 2.40. The van der Waals surface area contributed by atoms with Gasteiger partial charge < -0.3 is 14.2 Å². The van der Waals surface area contributed by atoms with Crippen molar-refractivity contribution in [3.8, 4) is 17.2 Å². The third kappa shape index (κ3) is 1.58. The molecule has 0 atom stereocenters. The summed E-state index contributed by atoms with van der Waals surface area (Å²) in [5.74, 6) is 1.95. The zero-order valence-electron chi connectivity index (χ0n) is 9.60. The van der Waals surface area contributed by atoms with Gasteiger partial charge in [0, 0.05) is 11.5 Å². The second-order valence-electron chi connectivity index (χ2n) is 3.78. The summed E-state index contributed by atoms with van der Waals surface area (Å²) in [5, 5.41) is 1.66. The summed E-state index contributed by atoms with van der Waals surface area (Å²) < 4.78 is 15.8. The average molecular weight is 243 g/mol. The Morgan fingerprint density at radius 1 is 1.22 bits per heavy atom. The van der Waals surface area contributed by atoms with Crippen LogP contribution >= 0.6 is 0 Å². The Hall–Kier alpha value is -2.52. The second-order valence-corrected chi connectivity index (χ2v) is 3.78. The summed E-state index contributed by atoms with van der Waals surface area (Å²) >= 11 is 0. The van der Waals surface area contributed by atoms with E-state index in [4.69, 9.17) is 14.2 Å². The fraction of sp³-hybridized carbons (Fsp3) is 0.154. The zero-order chi connectivity index (χ0) is 12.5. The topological polar surface area (TPSA) is 57.1 Å². The van der Waals surface area contributed by atoms with Crippen LogP contribution in [0.1, 0.15) is 0 Å². The lowest BCUT2D eigenvalue weighted by molar-refractivity contribution is 0.174. The summed E-state index contributed by atoms with van der Waals surface area (Å²) in [6.07, 6.45) is 1.54. The highest BCUT2D eigenvalue weighted by atomic mass is 16.7. The van der Waals surface area contributed by atoms with Crippen molar-refractivity contribution >= 4 is 22.5 Å². The molecule has 1 heterocycles. The highest BCUT2D eigenvalue weighted by molar-refractivity contribution is 5.97. The minimum atomic E-state index is 0.203. The minimum absolute atomic E-state index is 0.203. The maximum absolute atomic E-state index is 10.5. The van der Waals surface area contributed by atoms with E-state index in [1.807, 2.05) is 12.1 Å². The third-order valence-electron chi connectivity index (χ3n) is 2.80. The van der Waals surface area contributed by atoms with E-state index in [1.165, 1.54) is 0 Å². The first-order valence-electron chi connectivity index (χ1n) is 5.31. The monoisotopic (exact) mass is 243 g/mol. The van der Waals surface area contributed by atoms with E-state index in [2.05, 4.69) is 4.99 Å². The molecule has 0 bridgehead atoms. The molecule has 0 fully saturated rings. The Kier molecular flexibility index (Phi) is 2.39. The molecule has 0 N–H and O–H groups in total. The van der Waals surface area contributed by atoms with Gasteiger partial charge in [-0.3, -0.25) is 0 Å². The normalized spacial score (nSPS) is 12.3. The first-order valence-corrected chi connectivity index (χ1v) is 5.31. The maximum Gasteiger partial charge on any atom is 0.240 e. The molecule has 0 aliphatic carbocycles. The molecule has 18 heavy (non-hydrogen) atoms. The largest absolute Gasteiger partial charge is 0.497 e. The van der Waals surface area contributed by atoms with Crippen molar-refractivity contribution in [1.82, 2.24) is 0 Å². The van der Waals surface area contributed by atoms with Crippen molar-refractivity contribution in [3.05, 3.63) is 24.3 Å². The van der Waals surface area contributed by atoms with Crippen LogP contribution in [0.25, 0.3) is 10.8 Å². The molecular formula is C13H9NO4. The Bertz CT molecular complexity index is 674. The van der Waals surface area contributed by atoms with Crippen LogP contribution in [0.2, 0.25) is 0 Å². The molecular weight excluding hydrogens is 234 g/mol. The van der Waals surface area contributed by atoms with Crippen molar-refractivity contribution in [2.75, 3.05) is 13.9 Å². The molecule has 0 saturated heterocycles. The van der Waals surface area contributed by atoms with E-state index in [0.717, 1.165) is 10.8 Å². The number of rotatable bonds is 2. The number of carbonyl (C=O) groups excluding carboxylic acids is 1. The maximum atomic E-state index is 10.5. The van der Waals surface area contributed by atoms with Gasteiger partial charge in [-0.2, -0.15) is 4.99 Å². The highest BCUT2D eigenvalue weighted by Gasteiger charge is 2.16. The van der Waals surface area contributed by atoms with Crippen molar-refractivity contribution < 1.29 is 19.0 Å². The van der Waals surface area contributed by atoms with Gasteiger partial charge in [-0.05, 0) is 23.6 Å². The summed E-state index contributed by atoms with van der Waals surface area (Å²) in [5.41, 5.74) is 0.498. The van der Waals surface area contributed by atoms with Crippen molar-refractivity contribution in [2.45, 2.75) is 0 Å². The van der Waals surface area contributed by atoms with Crippen LogP contribution in [0.5, 0.6) is 17.2 Å². The van der Waals surface area contributed by atoms with E-state index in [-0.39, 0.29) is 6.79 Å². The van der Waals surface area contributed by atoms with E-state index < -0.39 is 0 Å². The molecule has 0 spiro atoms. The predicted octanol–water partition coefficient (Wildman–Crippen LogP) is 2.54. The van der Waals surface area contributed by atoms with Gasteiger partial charge in [0.1, 0.15) is 5.75 Å². The van der Waals surface area contributed by atoms with Crippen LogP contribution in [-0.4, -0.2) is 20.0 Å². The second kappa shape index (κ2) is 4.05. The molecule has 90 valence electrons. The van der Waals surface area contributed by atoms with Gasteiger partial charge in [-0.25, -0.2) is 4.79 Å². The number of benzene rings is 2. The van der Waals surface area contributed by atoms with E-state index in [9.17, 15) is 4.79 Å². The van der Waals surface area contributed by atoms with Gasteiger partial charge >= 0.3 is 0 Å². The molecule has 3 rings (SSSR count). The molecule has 1 aliphatic heterocycles. The van der Waals surface area contributed by atoms with E-state index in [0.29, 0.717) is 22.9 Å². The lowest BCUT2D eigenvalue weighted by atomic mass is 10.1. The van der Waals surface area contributed by atoms with Gasteiger partial charge in [0.25, 0.3) is 0 Å². The Labute approximate surface area is 103 Å². The van der Waals surface area contributed by atoms with E-state index in [1.54, 1.807) is 25.3 Å². The van der Waals surface area contributed by atoms with Crippen molar-refractivity contribution in [1.29, 1.82) is 0 Å². The van der Waals surface area contributed by atoms with Crippen LogP contribution in [-0.2, 0) is 4.79 Å². The SMILES string of the molecule is COc1cc(N=C=O)c2cc3c(cc2c1)OCO3. The molecule has 0 aromatic heterocycles. The summed E-state index contributed by atoms with van der Waals surface area (Å²) in [6.45, 7) is 0.203. The number of hydrogen-bond acceptors (Lipinski definition) is 5. The smallest absolute Gasteiger partial charge is 0.240 e. The van der Waals surface area contributed by atoms with Gasteiger partial charge in [0.2, 0.25) is 12.9 Å². The van der Waals surface area contributed by atoms with E-state index >= 15 is 0 Å². The summed E-state index contributed by atoms with van der Waals surface area (Å²) in [4.78, 5) is 14.1. The molecule has 0 unspecified atom stereocenters. The quantitative estimate of drug-likeness (QED) is 0.600. The van der Waals surface area contributed by atoms with Crippen LogP contribution in [0, 0.1) is 0 Å². The Morgan fingerprint density at radius 2 is 2.00 bits per heavy atom. The van der Waals surface area contributed by atoms with Crippen LogP contribution in [0.4, 0.5) is 5.69 Å². The number of hydrogen-bond donors (Lipinski definition) is 0. The van der Waals surface area contributed by atoms with Gasteiger partial charge in [-0.15, -0.1) is 0 Å². The Morgan fingerprint density at radius 3 is 2.72 bits per heavy atom. The lowest BCUT2D eigenvalue weighted by Gasteiger charge is -2.06. The standard InChI is InChI=1S/C13H9NO4/c1-16-9-2-8-3-12-13(18-7-17-12)5-10(8)11(4-9)14-6-15/h2-5H,7H2,1H3. The van der Waals surface area contributed by atoms with Crippen molar-refractivity contribution in [3.63, 3.8) is 0 Å². The van der Waals surface area contributed by atoms with Gasteiger partial charge in [-0.1, -0.05) is 0 Å². The van der Waals surface area contributed by atoms with Crippen LogP contribution < -0.4 is 14.2 Å². The molecule has 5 heteroatoms. The first-order chi connectivity index (χ1) is 8.81. The fourth-order valence-corrected chi connectivity index (χ4v) is 1.97. The third-order valence-corrected chi connectivity index (χ3v) is 2.80. The predicted molar refractivity (Wildman–Crippen MR) is 64.4 cm³/mol. The van der Waals surface area contributed by atoms with Gasteiger partial charge in [0.05, 0.1) is 12.8 Å². The fourth-order valence-electron chi connectivity index (χ4n) is 1.97. The number of methoxy groups -OCH3 is 1. The molecule has 0 amide bonds. The van der Waals surface area contributed by atoms with Crippen LogP contribution in [0.15, 0.2) is 29.3 Å². The summed E-state index contributed by atoms with van der Waals surface area (Å²) in [7, 11) is 1.56. The molecule has 1 aliphatic rings. The lowest BCUT2D eigenvalue weighted by Crippen LogP contribution is -1.92. The molecule has 0 saturated carbocycles. The number of ether oxygens (including phenoxy) is 3.